The Morgan fingerprint density at radius 2 is 1.92 bits per heavy atom. The predicted octanol–water partition coefficient (Wildman–Crippen LogP) is 3.19. The molecule has 7 nitrogen and oxygen atoms in total. The molecule has 0 spiro atoms. The standard InChI is InChI=1S/C18H20N2O5/c1-12-6-5-7-15(17(12)20(22)23)18(21)19(2)11-13-8-9-14(24-3)10-16(13)25-4/h5-10H,11H2,1-4H3. The number of nitrogens with zero attached hydrogens (tertiary/aromatic N) is 2. The van der Waals surface area contributed by atoms with Gasteiger partial charge in [0.25, 0.3) is 11.6 Å². The second-order valence-electron chi connectivity index (χ2n) is 5.57. The van der Waals surface area contributed by atoms with Crippen LogP contribution in [0.25, 0.3) is 0 Å². The molecule has 7 heteroatoms. The Labute approximate surface area is 145 Å². The number of hydrogen-bond acceptors (Lipinski definition) is 5. The fourth-order valence-corrected chi connectivity index (χ4v) is 2.59. The molecule has 132 valence electrons. The molecule has 0 aliphatic heterocycles. The van der Waals surface area contributed by atoms with Gasteiger partial charge in [-0.3, -0.25) is 14.9 Å². The molecule has 2 aromatic rings. The van der Waals surface area contributed by atoms with Gasteiger partial charge in [0.05, 0.1) is 19.1 Å². The summed E-state index contributed by atoms with van der Waals surface area (Å²) in [5.74, 6) is 0.801. The summed E-state index contributed by atoms with van der Waals surface area (Å²) < 4.78 is 10.5. The van der Waals surface area contributed by atoms with Gasteiger partial charge < -0.3 is 14.4 Å². The quantitative estimate of drug-likeness (QED) is 0.594. The van der Waals surface area contributed by atoms with Crippen LogP contribution in [-0.4, -0.2) is 37.0 Å². The molecule has 1 amide bonds. The molecular formula is C18H20N2O5. The Balaban J connectivity index is 2.31. The Kier molecular flexibility index (Phi) is 5.59. The summed E-state index contributed by atoms with van der Waals surface area (Å²) >= 11 is 0. The first-order valence-electron chi connectivity index (χ1n) is 7.59. The highest BCUT2D eigenvalue weighted by Crippen LogP contribution is 2.28. The molecule has 0 saturated carbocycles. The van der Waals surface area contributed by atoms with E-state index in [9.17, 15) is 14.9 Å². The number of aryl methyl sites for hydroxylation is 1. The van der Waals surface area contributed by atoms with Crippen molar-refractivity contribution in [2.24, 2.45) is 0 Å². The molecule has 0 radical (unpaired) electrons. The van der Waals surface area contributed by atoms with E-state index in [1.54, 1.807) is 51.4 Å². The first-order valence-corrected chi connectivity index (χ1v) is 7.59. The monoisotopic (exact) mass is 344 g/mol. The third-order valence-corrected chi connectivity index (χ3v) is 3.90. The average molecular weight is 344 g/mol. The number of nitro benzene ring substituents is 1. The number of carbonyl (C=O) groups excluding carboxylic acids is 1. The van der Waals surface area contributed by atoms with Crippen LogP contribution in [0.15, 0.2) is 36.4 Å². The highest BCUT2D eigenvalue weighted by molar-refractivity contribution is 5.98. The molecule has 0 aliphatic carbocycles. The summed E-state index contributed by atoms with van der Waals surface area (Å²) in [5.41, 5.74) is 1.13. The number of ether oxygens (including phenoxy) is 2. The van der Waals surface area contributed by atoms with Gasteiger partial charge in [-0.2, -0.15) is 0 Å². The van der Waals surface area contributed by atoms with E-state index in [2.05, 4.69) is 0 Å². The van der Waals surface area contributed by atoms with E-state index in [-0.39, 0.29) is 17.8 Å². The molecule has 0 atom stereocenters. The Morgan fingerprint density at radius 1 is 1.20 bits per heavy atom. The van der Waals surface area contributed by atoms with Gasteiger partial charge in [-0.25, -0.2) is 0 Å². The zero-order valence-corrected chi connectivity index (χ0v) is 14.6. The van der Waals surface area contributed by atoms with Crippen molar-refractivity contribution in [2.45, 2.75) is 13.5 Å². The van der Waals surface area contributed by atoms with Crippen molar-refractivity contribution >= 4 is 11.6 Å². The molecule has 0 N–H and O–H groups in total. The van der Waals surface area contributed by atoms with Crippen molar-refractivity contribution in [1.82, 2.24) is 4.90 Å². The number of carbonyl (C=O) groups is 1. The maximum absolute atomic E-state index is 12.7. The van der Waals surface area contributed by atoms with Gasteiger partial charge in [0.15, 0.2) is 0 Å². The van der Waals surface area contributed by atoms with Crippen LogP contribution < -0.4 is 9.47 Å². The number of rotatable bonds is 6. The van der Waals surface area contributed by atoms with Crippen LogP contribution in [0.5, 0.6) is 11.5 Å². The maximum Gasteiger partial charge on any atom is 0.285 e. The highest BCUT2D eigenvalue weighted by atomic mass is 16.6. The minimum Gasteiger partial charge on any atom is -0.497 e. The Morgan fingerprint density at radius 3 is 2.52 bits per heavy atom. The molecule has 25 heavy (non-hydrogen) atoms. The average Bonchev–Trinajstić information content (AvgIpc) is 2.60. The molecule has 0 aliphatic rings. The summed E-state index contributed by atoms with van der Waals surface area (Å²) in [4.78, 5) is 24.9. The molecule has 0 fully saturated rings. The van der Waals surface area contributed by atoms with Crippen molar-refractivity contribution in [3.8, 4) is 11.5 Å². The van der Waals surface area contributed by atoms with Crippen LogP contribution in [0.3, 0.4) is 0 Å². The normalized spacial score (nSPS) is 10.2. The third-order valence-electron chi connectivity index (χ3n) is 3.90. The second kappa shape index (κ2) is 7.65. The smallest absolute Gasteiger partial charge is 0.285 e. The van der Waals surface area contributed by atoms with Gasteiger partial charge >= 0.3 is 0 Å². The number of hydrogen-bond donors (Lipinski definition) is 0. The third kappa shape index (κ3) is 3.88. The zero-order chi connectivity index (χ0) is 18.6. The number of methoxy groups -OCH3 is 2. The van der Waals surface area contributed by atoms with E-state index in [0.29, 0.717) is 17.1 Å². The van der Waals surface area contributed by atoms with Gasteiger partial charge in [0, 0.05) is 30.8 Å². The van der Waals surface area contributed by atoms with Crippen LogP contribution in [0.1, 0.15) is 21.5 Å². The van der Waals surface area contributed by atoms with Gasteiger partial charge in [0.2, 0.25) is 0 Å². The van der Waals surface area contributed by atoms with E-state index >= 15 is 0 Å². The molecule has 2 rings (SSSR count). The van der Waals surface area contributed by atoms with Crippen LogP contribution in [0.2, 0.25) is 0 Å². The molecule has 0 bridgehead atoms. The van der Waals surface area contributed by atoms with E-state index < -0.39 is 10.8 Å². The van der Waals surface area contributed by atoms with Crippen LogP contribution in [0, 0.1) is 17.0 Å². The van der Waals surface area contributed by atoms with Crippen molar-refractivity contribution in [1.29, 1.82) is 0 Å². The summed E-state index contributed by atoms with van der Waals surface area (Å²) in [5, 5.41) is 11.3. The van der Waals surface area contributed by atoms with Gasteiger partial charge in [-0.1, -0.05) is 12.1 Å². The van der Waals surface area contributed by atoms with E-state index in [4.69, 9.17) is 9.47 Å². The Hall–Kier alpha value is -3.09. The fourth-order valence-electron chi connectivity index (χ4n) is 2.59. The number of benzene rings is 2. The minimum atomic E-state index is -0.523. The lowest BCUT2D eigenvalue weighted by atomic mass is 10.1. The largest absolute Gasteiger partial charge is 0.497 e. The summed E-state index contributed by atoms with van der Waals surface area (Å²) in [6.07, 6.45) is 0. The number of para-hydroxylation sites is 1. The van der Waals surface area contributed by atoms with E-state index in [0.717, 1.165) is 5.56 Å². The minimum absolute atomic E-state index is 0.0694. The van der Waals surface area contributed by atoms with Gasteiger partial charge in [0.1, 0.15) is 17.1 Å². The van der Waals surface area contributed by atoms with E-state index in [1.165, 1.54) is 18.1 Å². The van der Waals surface area contributed by atoms with Crippen molar-refractivity contribution in [3.63, 3.8) is 0 Å². The van der Waals surface area contributed by atoms with Crippen molar-refractivity contribution < 1.29 is 19.2 Å². The lowest BCUT2D eigenvalue weighted by Gasteiger charge is -2.19. The summed E-state index contributed by atoms with van der Waals surface area (Å²) in [6.45, 7) is 1.86. The fraction of sp³-hybridized carbons (Fsp3) is 0.278. The van der Waals surface area contributed by atoms with Gasteiger partial charge in [-0.15, -0.1) is 0 Å². The topological polar surface area (TPSA) is 81.9 Å². The lowest BCUT2D eigenvalue weighted by molar-refractivity contribution is -0.385. The molecule has 0 heterocycles. The van der Waals surface area contributed by atoms with E-state index in [1.807, 2.05) is 0 Å². The summed E-state index contributed by atoms with van der Waals surface area (Å²) in [6, 6.07) is 10.0. The van der Waals surface area contributed by atoms with Crippen molar-refractivity contribution in [3.05, 3.63) is 63.2 Å². The van der Waals surface area contributed by atoms with Crippen LogP contribution in [-0.2, 0) is 6.54 Å². The molecule has 0 unspecified atom stereocenters. The van der Waals surface area contributed by atoms with Crippen LogP contribution in [0.4, 0.5) is 5.69 Å². The summed E-state index contributed by atoms with van der Waals surface area (Å²) in [7, 11) is 4.69. The number of amides is 1. The first kappa shape index (κ1) is 18.3. The first-order chi connectivity index (χ1) is 11.9. The van der Waals surface area contributed by atoms with Crippen LogP contribution >= 0.6 is 0 Å². The molecule has 0 saturated heterocycles. The zero-order valence-electron chi connectivity index (χ0n) is 14.6. The molecular weight excluding hydrogens is 324 g/mol. The SMILES string of the molecule is COc1ccc(CN(C)C(=O)c2cccc(C)c2[N+](=O)[O-])c(OC)c1. The second-order valence-corrected chi connectivity index (χ2v) is 5.57. The number of nitro groups is 1. The Bertz CT molecular complexity index is 804. The highest BCUT2D eigenvalue weighted by Gasteiger charge is 2.25. The predicted molar refractivity (Wildman–Crippen MR) is 93.2 cm³/mol. The van der Waals surface area contributed by atoms with Gasteiger partial charge in [-0.05, 0) is 25.1 Å². The molecule has 0 aromatic heterocycles. The van der Waals surface area contributed by atoms with Crippen molar-refractivity contribution in [2.75, 3.05) is 21.3 Å². The lowest BCUT2D eigenvalue weighted by Crippen LogP contribution is -2.27. The maximum atomic E-state index is 12.7. The molecule has 2 aromatic carbocycles.